The van der Waals surface area contributed by atoms with E-state index < -0.39 is 4.92 Å². The minimum Gasteiger partial charge on any atom is -0.470 e. The highest BCUT2D eigenvalue weighted by molar-refractivity contribution is 5.39. The minimum absolute atomic E-state index is 0.0293. The molecule has 0 saturated carbocycles. The van der Waals surface area contributed by atoms with Crippen LogP contribution < -0.4 is 4.74 Å². The maximum absolute atomic E-state index is 10.7. The first kappa shape index (κ1) is 10.8. The van der Waals surface area contributed by atoms with Crippen LogP contribution in [0.3, 0.4) is 0 Å². The Balaban J connectivity index is 2.00. The van der Waals surface area contributed by atoms with E-state index in [9.17, 15) is 10.1 Å². The quantitative estimate of drug-likeness (QED) is 0.573. The number of ether oxygens (including phenoxy) is 2. The number of hydrogen-bond donors (Lipinski definition) is 0. The van der Waals surface area contributed by atoms with E-state index in [-0.39, 0.29) is 17.7 Å². The van der Waals surface area contributed by atoms with Gasteiger partial charge >= 0.3 is 5.69 Å². The molecule has 0 aromatic carbocycles. The van der Waals surface area contributed by atoms with Gasteiger partial charge in [0.1, 0.15) is 6.61 Å². The Morgan fingerprint density at radius 2 is 2.56 bits per heavy atom. The molecule has 2 heterocycles. The van der Waals surface area contributed by atoms with E-state index in [1.165, 1.54) is 18.3 Å². The third kappa shape index (κ3) is 2.46. The summed E-state index contributed by atoms with van der Waals surface area (Å²) in [7, 11) is 0. The average molecular weight is 224 g/mol. The average Bonchev–Trinajstić information content (AvgIpc) is 2.79. The molecule has 6 heteroatoms. The summed E-state index contributed by atoms with van der Waals surface area (Å²) in [5.41, 5.74) is -0.111. The van der Waals surface area contributed by atoms with Gasteiger partial charge in [-0.25, -0.2) is 4.98 Å². The van der Waals surface area contributed by atoms with Gasteiger partial charge in [-0.1, -0.05) is 0 Å². The molecule has 1 aliphatic heterocycles. The van der Waals surface area contributed by atoms with Crippen LogP contribution >= 0.6 is 0 Å². The largest absolute Gasteiger partial charge is 0.470 e. The topological polar surface area (TPSA) is 74.5 Å². The fourth-order valence-electron chi connectivity index (χ4n) is 1.58. The lowest BCUT2D eigenvalue weighted by molar-refractivity contribution is -0.386. The molecule has 0 N–H and O–H groups in total. The van der Waals surface area contributed by atoms with Crippen molar-refractivity contribution in [2.24, 2.45) is 0 Å². The van der Waals surface area contributed by atoms with Crippen molar-refractivity contribution in [3.05, 3.63) is 28.4 Å². The standard InChI is InChI=1S/C10H12N2O4/c13-12(14)9-4-1-5-11-10(9)16-7-8-3-2-6-15-8/h1,4-5,8H,2-3,6-7H2/t8-/m1/s1. The van der Waals surface area contributed by atoms with Gasteiger partial charge in [-0.05, 0) is 18.9 Å². The molecule has 1 aromatic heterocycles. The molecule has 1 saturated heterocycles. The number of nitro groups is 1. The third-order valence-corrected chi connectivity index (χ3v) is 2.38. The SMILES string of the molecule is O=[N+]([O-])c1cccnc1OC[C@H]1CCCO1. The molecule has 0 spiro atoms. The molecule has 1 fully saturated rings. The molecular formula is C10H12N2O4. The molecule has 16 heavy (non-hydrogen) atoms. The Hall–Kier alpha value is -1.69. The molecule has 0 bridgehead atoms. The van der Waals surface area contributed by atoms with Crippen LogP contribution in [0, 0.1) is 10.1 Å². The second-order valence-corrected chi connectivity index (χ2v) is 3.53. The normalized spacial score (nSPS) is 19.6. The van der Waals surface area contributed by atoms with Crippen LogP contribution in [0.2, 0.25) is 0 Å². The summed E-state index contributed by atoms with van der Waals surface area (Å²) >= 11 is 0. The molecular weight excluding hydrogens is 212 g/mol. The summed E-state index contributed by atoms with van der Waals surface area (Å²) in [5, 5.41) is 10.7. The fraction of sp³-hybridized carbons (Fsp3) is 0.500. The van der Waals surface area contributed by atoms with E-state index in [2.05, 4.69) is 4.98 Å². The van der Waals surface area contributed by atoms with Crippen LogP contribution in [0.4, 0.5) is 5.69 Å². The summed E-state index contributed by atoms with van der Waals surface area (Å²) in [4.78, 5) is 14.0. The van der Waals surface area contributed by atoms with Crippen molar-refractivity contribution < 1.29 is 14.4 Å². The highest BCUT2D eigenvalue weighted by atomic mass is 16.6. The van der Waals surface area contributed by atoms with Gasteiger partial charge in [-0.3, -0.25) is 10.1 Å². The molecule has 1 atom stereocenters. The molecule has 0 amide bonds. The summed E-state index contributed by atoms with van der Waals surface area (Å²) in [6.45, 7) is 1.05. The van der Waals surface area contributed by atoms with E-state index in [1.54, 1.807) is 0 Å². The predicted molar refractivity (Wildman–Crippen MR) is 55.4 cm³/mol. The van der Waals surface area contributed by atoms with Crippen molar-refractivity contribution in [1.82, 2.24) is 4.98 Å². The van der Waals surface area contributed by atoms with Crippen LogP contribution in [0.25, 0.3) is 0 Å². The molecule has 6 nitrogen and oxygen atoms in total. The number of nitrogens with zero attached hydrogens (tertiary/aromatic N) is 2. The van der Waals surface area contributed by atoms with E-state index in [0.29, 0.717) is 6.61 Å². The van der Waals surface area contributed by atoms with Crippen molar-refractivity contribution in [1.29, 1.82) is 0 Å². The van der Waals surface area contributed by atoms with Crippen molar-refractivity contribution >= 4 is 5.69 Å². The summed E-state index contributed by atoms with van der Waals surface area (Å²) in [6.07, 6.45) is 3.44. The Bertz CT molecular complexity index is 377. The van der Waals surface area contributed by atoms with Gasteiger partial charge in [0.25, 0.3) is 5.88 Å². The molecule has 1 aromatic rings. The first-order valence-electron chi connectivity index (χ1n) is 5.11. The van der Waals surface area contributed by atoms with Gasteiger partial charge in [0, 0.05) is 18.9 Å². The zero-order valence-electron chi connectivity index (χ0n) is 8.67. The fourth-order valence-corrected chi connectivity index (χ4v) is 1.58. The lowest BCUT2D eigenvalue weighted by Gasteiger charge is -2.10. The third-order valence-electron chi connectivity index (χ3n) is 2.38. The minimum atomic E-state index is -0.502. The zero-order chi connectivity index (χ0) is 11.4. The number of aromatic nitrogens is 1. The van der Waals surface area contributed by atoms with E-state index in [0.717, 1.165) is 19.4 Å². The Kier molecular flexibility index (Phi) is 3.31. The second kappa shape index (κ2) is 4.89. The molecule has 0 radical (unpaired) electrons. The number of pyridine rings is 1. The number of hydrogen-bond acceptors (Lipinski definition) is 5. The van der Waals surface area contributed by atoms with E-state index >= 15 is 0 Å². The van der Waals surface area contributed by atoms with Crippen molar-refractivity contribution in [3.63, 3.8) is 0 Å². The van der Waals surface area contributed by atoms with Gasteiger partial charge < -0.3 is 9.47 Å². The molecule has 0 aliphatic carbocycles. The van der Waals surface area contributed by atoms with Crippen LogP contribution in [0.15, 0.2) is 18.3 Å². The van der Waals surface area contributed by atoms with Gasteiger partial charge in [0.15, 0.2) is 0 Å². The van der Waals surface area contributed by atoms with Crippen molar-refractivity contribution in [3.8, 4) is 5.88 Å². The lowest BCUT2D eigenvalue weighted by Crippen LogP contribution is -2.17. The van der Waals surface area contributed by atoms with E-state index in [4.69, 9.17) is 9.47 Å². The molecule has 2 rings (SSSR count). The Morgan fingerprint density at radius 1 is 1.69 bits per heavy atom. The summed E-state index contributed by atoms with van der Waals surface area (Å²) < 4.78 is 10.7. The van der Waals surface area contributed by atoms with Crippen LogP contribution in [-0.4, -0.2) is 29.2 Å². The second-order valence-electron chi connectivity index (χ2n) is 3.53. The van der Waals surface area contributed by atoms with Crippen LogP contribution in [0.5, 0.6) is 5.88 Å². The molecule has 86 valence electrons. The Morgan fingerprint density at radius 3 is 3.25 bits per heavy atom. The van der Waals surface area contributed by atoms with Crippen LogP contribution in [-0.2, 0) is 4.74 Å². The maximum Gasteiger partial charge on any atom is 0.330 e. The Labute approximate surface area is 92.3 Å². The summed E-state index contributed by atoms with van der Waals surface area (Å²) in [5.74, 6) is 0.0583. The first-order chi connectivity index (χ1) is 7.77. The monoisotopic (exact) mass is 224 g/mol. The number of rotatable bonds is 4. The van der Waals surface area contributed by atoms with Gasteiger partial charge in [-0.15, -0.1) is 0 Å². The van der Waals surface area contributed by atoms with E-state index in [1.807, 2.05) is 0 Å². The highest BCUT2D eigenvalue weighted by Gasteiger charge is 2.20. The van der Waals surface area contributed by atoms with Gasteiger partial charge in [-0.2, -0.15) is 0 Å². The molecule has 0 unspecified atom stereocenters. The molecule has 1 aliphatic rings. The van der Waals surface area contributed by atoms with Crippen molar-refractivity contribution in [2.75, 3.05) is 13.2 Å². The predicted octanol–water partition coefficient (Wildman–Crippen LogP) is 1.55. The van der Waals surface area contributed by atoms with Crippen LogP contribution in [0.1, 0.15) is 12.8 Å². The van der Waals surface area contributed by atoms with Crippen molar-refractivity contribution in [2.45, 2.75) is 18.9 Å². The van der Waals surface area contributed by atoms with Gasteiger partial charge in [0.05, 0.1) is 11.0 Å². The maximum atomic E-state index is 10.7. The smallest absolute Gasteiger partial charge is 0.330 e. The zero-order valence-corrected chi connectivity index (χ0v) is 8.67. The first-order valence-corrected chi connectivity index (χ1v) is 5.11. The summed E-state index contributed by atoms with van der Waals surface area (Å²) in [6, 6.07) is 2.88. The van der Waals surface area contributed by atoms with Gasteiger partial charge in [0.2, 0.25) is 0 Å². The lowest BCUT2D eigenvalue weighted by atomic mass is 10.2. The highest BCUT2D eigenvalue weighted by Crippen LogP contribution is 2.23.